The second-order valence-corrected chi connectivity index (χ2v) is 5.01. The van der Waals surface area contributed by atoms with Crippen molar-refractivity contribution in [3.8, 4) is 0 Å². The van der Waals surface area contributed by atoms with Crippen LogP contribution >= 0.6 is 0 Å². The van der Waals surface area contributed by atoms with Crippen LogP contribution in [0, 0.1) is 5.41 Å². The summed E-state index contributed by atoms with van der Waals surface area (Å²) in [5.74, 6) is 0. The molecule has 0 aliphatic heterocycles. The van der Waals surface area contributed by atoms with Gasteiger partial charge in [0.25, 0.3) is 0 Å². The molecule has 0 heterocycles. The smallest absolute Gasteiger partial charge is 0.0496 e. The van der Waals surface area contributed by atoms with Crippen molar-refractivity contribution in [2.24, 2.45) is 5.41 Å². The first-order valence-electron chi connectivity index (χ1n) is 6.00. The van der Waals surface area contributed by atoms with Crippen molar-refractivity contribution in [2.75, 3.05) is 40.3 Å². The summed E-state index contributed by atoms with van der Waals surface area (Å²) in [5.41, 5.74) is 0.0571. The summed E-state index contributed by atoms with van der Waals surface area (Å²) in [5, 5.41) is 12.6. The van der Waals surface area contributed by atoms with Gasteiger partial charge in [-0.15, -0.1) is 0 Å². The van der Waals surface area contributed by atoms with Crippen LogP contribution in [-0.2, 0) is 0 Å². The standard InChI is InChI=1S/C12H28N2O/c1-5-12(2,11-15)10-13-8-6-7-9-14(3)4/h13,15H,5-11H2,1-4H3. The quantitative estimate of drug-likeness (QED) is 0.571. The Morgan fingerprint density at radius 2 is 1.93 bits per heavy atom. The van der Waals surface area contributed by atoms with Crippen molar-refractivity contribution in [3.05, 3.63) is 0 Å². The third kappa shape index (κ3) is 7.77. The number of nitrogens with one attached hydrogen (secondary N) is 1. The van der Waals surface area contributed by atoms with E-state index in [2.05, 4.69) is 38.2 Å². The van der Waals surface area contributed by atoms with E-state index < -0.39 is 0 Å². The van der Waals surface area contributed by atoms with E-state index in [0.29, 0.717) is 0 Å². The molecule has 0 aromatic heterocycles. The molecule has 0 saturated heterocycles. The van der Waals surface area contributed by atoms with E-state index in [1.807, 2.05) is 0 Å². The summed E-state index contributed by atoms with van der Waals surface area (Å²) in [6.45, 7) is 7.66. The number of aliphatic hydroxyl groups excluding tert-OH is 1. The SMILES string of the molecule is CCC(C)(CO)CNCCCCN(C)C. The van der Waals surface area contributed by atoms with Crippen LogP contribution in [-0.4, -0.2) is 50.3 Å². The van der Waals surface area contributed by atoms with Crippen LogP contribution in [0.3, 0.4) is 0 Å². The molecule has 0 rings (SSSR count). The van der Waals surface area contributed by atoms with E-state index in [0.717, 1.165) is 26.1 Å². The molecule has 0 bridgehead atoms. The normalized spacial score (nSPS) is 15.6. The minimum Gasteiger partial charge on any atom is -0.396 e. The highest BCUT2D eigenvalue weighted by Gasteiger charge is 2.19. The number of unbranched alkanes of at least 4 members (excludes halogenated alkanes) is 1. The van der Waals surface area contributed by atoms with E-state index in [1.54, 1.807) is 0 Å². The average Bonchev–Trinajstić information content (AvgIpc) is 2.22. The highest BCUT2D eigenvalue weighted by Crippen LogP contribution is 2.18. The zero-order valence-corrected chi connectivity index (χ0v) is 10.8. The number of hydrogen-bond acceptors (Lipinski definition) is 3. The number of hydrogen-bond donors (Lipinski definition) is 2. The Kier molecular flexibility index (Phi) is 8.02. The van der Waals surface area contributed by atoms with Gasteiger partial charge in [-0.3, -0.25) is 0 Å². The summed E-state index contributed by atoms with van der Waals surface area (Å²) in [6.07, 6.45) is 3.47. The topological polar surface area (TPSA) is 35.5 Å². The summed E-state index contributed by atoms with van der Waals surface area (Å²) in [4.78, 5) is 2.21. The fourth-order valence-corrected chi connectivity index (χ4v) is 1.36. The molecule has 0 saturated carbocycles. The minimum atomic E-state index is 0.0571. The Labute approximate surface area is 94.9 Å². The van der Waals surface area contributed by atoms with Crippen LogP contribution in [0.5, 0.6) is 0 Å². The molecule has 3 heteroatoms. The third-order valence-corrected chi connectivity index (χ3v) is 3.00. The van der Waals surface area contributed by atoms with Crippen LogP contribution in [0.25, 0.3) is 0 Å². The molecule has 0 amide bonds. The van der Waals surface area contributed by atoms with Gasteiger partial charge in [0.05, 0.1) is 0 Å². The molecule has 0 aliphatic rings. The molecule has 92 valence electrons. The monoisotopic (exact) mass is 216 g/mol. The van der Waals surface area contributed by atoms with Gasteiger partial charge in [-0.25, -0.2) is 0 Å². The lowest BCUT2D eigenvalue weighted by Crippen LogP contribution is -2.35. The first-order valence-corrected chi connectivity index (χ1v) is 6.00. The summed E-state index contributed by atoms with van der Waals surface area (Å²) < 4.78 is 0. The van der Waals surface area contributed by atoms with Gasteiger partial charge in [-0.1, -0.05) is 13.8 Å². The van der Waals surface area contributed by atoms with Gasteiger partial charge in [0.2, 0.25) is 0 Å². The molecule has 2 N–H and O–H groups in total. The average molecular weight is 216 g/mol. The largest absolute Gasteiger partial charge is 0.396 e. The lowest BCUT2D eigenvalue weighted by molar-refractivity contribution is 0.135. The molecule has 1 atom stereocenters. The van der Waals surface area contributed by atoms with Crippen LogP contribution < -0.4 is 5.32 Å². The molecule has 0 radical (unpaired) electrons. The Morgan fingerprint density at radius 1 is 1.27 bits per heavy atom. The molecule has 1 unspecified atom stereocenters. The predicted octanol–water partition coefficient (Wildman–Crippen LogP) is 1.33. The zero-order valence-electron chi connectivity index (χ0n) is 10.8. The highest BCUT2D eigenvalue weighted by molar-refractivity contribution is 4.73. The zero-order chi connectivity index (χ0) is 11.7. The maximum Gasteiger partial charge on any atom is 0.0496 e. The van der Waals surface area contributed by atoms with Gasteiger partial charge in [-0.05, 0) is 46.4 Å². The van der Waals surface area contributed by atoms with Gasteiger partial charge in [0.15, 0.2) is 0 Å². The number of nitrogens with zero attached hydrogens (tertiary/aromatic N) is 1. The van der Waals surface area contributed by atoms with Crippen molar-refractivity contribution in [3.63, 3.8) is 0 Å². The molecule has 0 aromatic rings. The van der Waals surface area contributed by atoms with E-state index in [-0.39, 0.29) is 12.0 Å². The molecule has 0 fully saturated rings. The molecule has 0 aliphatic carbocycles. The summed E-state index contributed by atoms with van der Waals surface area (Å²) >= 11 is 0. The fraction of sp³-hybridized carbons (Fsp3) is 1.00. The van der Waals surface area contributed by atoms with E-state index in [9.17, 15) is 5.11 Å². The third-order valence-electron chi connectivity index (χ3n) is 3.00. The van der Waals surface area contributed by atoms with Gasteiger partial charge in [0.1, 0.15) is 0 Å². The first kappa shape index (κ1) is 14.9. The second kappa shape index (κ2) is 8.08. The van der Waals surface area contributed by atoms with Crippen LogP contribution in [0.2, 0.25) is 0 Å². The van der Waals surface area contributed by atoms with E-state index in [1.165, 1.54) is 12.8 Å². The van der Waals surface area contributed by atoms with E-state index >= 15 is 0 Å². The van der Waals surface area contributed by atoms with Crippen LogP contribution in [0.4, 0.5) is 0 Å². The summed E-state index contributed by atoms with van der Waals surface area (Å²) in [6, 6.07) is 0. The van der Waals surface area contributed by atoms with Crippen molar-refractivity contribution in [2.45, 2.75) is 33.1 Å². The summed E-state index contributed by atoms with van der Waals surface area (Å²) in [7, 11) is 4.21. The molecular weight excluding hydrogens is 188 g/mol. The molecular formula is C12H28N2O. The molecule has 0 aromatic carbocycles. The second-order valence-electron chi connectivity index (χ2n) is 5.01. The predicted molar refractivity (Wildman–Crippen MR) is 66.1 cm³/mol. The number of rotatable bonds is 9. The lowest BCUT2D eigenvalue weighted by atomic mass is 9.89. The first-order chi connectivity index (χ1) is 7.04. The Bertz CT molecular complexity index is 145. The molecule has 3 nitrogen and oxygen atoms in total. The maximum atomic E-state index is 9.21. The highest BCUT2D eigenvalue weighted by atomic mass is 16.3. The van der Waals surface area contributed by atoms with Gasteiger partial charge >= 0.3 is 0 Å². The fourth-order valence-electron chi connectivity index (χ4n) is 1.36. The Hall–Kier alpha value is -0.120. The Morgan fingerprint density at radius 3 is 2.40 bits per heavy atom. The van der Waals surface area contributed by atoms with Gasteiger partial charge in [0, 0.05) is 18.6 Å². The number of aliphatic hydroxyl groups is 1. The van der Waals surface area contributed by atoms with Crippen molar-refractivity contribution in [1.82, 2.24) is 10.2 Å². The van der Waals surface area contributed by atoms with Crippen molar-refractivity contribution in [1.29, 1.82) is 0 Å². The van der Waals surface area contributed by atoms with Gasteiger partial charge in [-0.2, -0.15) is 0 Å². The maximum absolute atomic E-state index is 9.21. The van der Waals surface area contributed by atoms with Crippen molar-refractivity contribution < 1.29 is 5.11 Å². The van der Waals surface area contributed by atoms with Gasteiger partial charge < -0.3 is 15.3 Å². The van der Waals surface area contributed by atoms with Crippen molar-refractivity contribution >= 4 is 0 Å². The molecule has 0 spiro atoms. The minimum absolute atomic E-state index is 0.0571. The lowest BCUT2D eigenvalue weighted by Gasteiger charge is -2.25. The molecule has 15 heavy (non-hydrogen) atoms. The van der Waals surface area contributed by atoms with Crippen LogP contribution in [0.1, 0.15) is 33.1 Å². The van der Waals surface area contributed by atoms with E-state index in [4.69, 9.17) is 0 Å². The van der Waals surface area contributed by atoms with Crippen LogP contribution in [0.15, 0.2) is 0 Å². The Balaban J connectivity index is 3.37.